The van der Waals surface area contributed by atoms with E-state index in [1.54, 1.807) is 17.9 Å². The van der Waals surface area contributed by atoms with Gasteiger partial charge in [0.25, 0.3) is 11.8 Å². The first-order valence-electron chi connectivity index (χ1n) is 8.90. The highest BCUT2D eigenvalue weighted by Crippen LogP contribution is 2.34. The first-order chi connectivity index (χ1) is 12.4. The smallest absolute Gasteiger partial charge is 0.289 e. The number of guanidine groups is 1. The summed E-state index contributed by atoms with van der Waals surface area (Å²) in [7, 11) is 0. The van der Waals surface area contributed by atoms with Gasteiger partial charge in [-0.2, -0.15) is 4.99 Å². The minimum atomic E-state index is -1.69. The van der Waals surface area contributed by atoms with Crippen molar-refractivity contribution in [1.82, 2.24) is 9.80 Å². The van der Waals surface area contributed by atoms with E-state index in [1.165, 1.54) is 0 Å². The summed E-state index contributed by atoms with van der Waals surface area (Å²) in [5.41, 5.74) is 0.901. The summed E-state index contributed by atoms with van der Waals surface area (Å²) < 4.78 is 19.4. The molecule has 3 heterocycles. The maximum atomic E-state index is 14.0. The number of carbonyl (C=O) groups is 2. The normalized spacial score (nSPS) is 23.8. The largest absolute Gasteiger partial charge is 0.466 e. The molecule has 0 spiro atoms. The fourth-order valence-corrected chi connectivity index (χ4v) is 3.42. The summed E-state index contributed by atoms with van der Waals surface area (Å²) in [5.74, 6) is 0.863. The number of amides is 2. The minimum absolute atomic E-state index is 0.0633. The number of alkyl halides is 1. The topological polar surface area (TPSA) is 78.5 Å². The first kappa shape index (κ1) is 16.9. The second-order valence-electron chi connectivity index (χ2n) is 7.03. The second kappa shape index (κ2) is 6.34. The number of furan rings is 1. The third kappa shape index (κ3) is 3.04. The van der Waals surface area contributed by atoms with Crippen LogP contribution in [0.5, 0.6) is 0 Å². The number of hydrogen-bond acceptors (Lipinski definition) is 5. The average Bonchev–Trinajstić information content (AvgIpc) is 3.41. The molecular weight excluding hydrogens is 339 g/mol. The summed E-state index contributed by atoms with van der Waals surface area (Å²) in [4.78, 5) is 36.2. The number of carbonyl (C=O) groups excluding carboxylic acids is 2. The highest BCUT2D eigenvalue weighted by Gasteiger charge is 2.40. The minimum Gasteiger partial charge on any atom is -0.466 e. The molecule has 1 saturated heterocycles. The number of rotatable bonds is 2. The van der Waals surface area contributed by atoms with Crippen LogP contribution in [-0.2, 0) is 4.79 Å². The van der Waals surface area contributed by atoms with E-state index in [0.29, 0.717) is 49.0 Å². The highest BCUT2D eigenvalue weighted by atomic mass is 19.1. The lowest BCUT2D eigenvalue weighted by Gasteiger charge is -2.35. The Kier molecular flexibility index (Phi) is 4.13. The molecule has 2 fully saturated rings. The quantitative estimate of drug-likeness (QED) is 0.805. The van der Waals surface area contributed by atoms with Gasteiger partial charge in [0.1, 0.15) is 11.5 Å². The van der Waals surface area contributed by atoms with Crippen LogP contribution in [0.15, 0.2) is 20.5 Å². The average molecular weight is 360 g/mol. The SMILES string of the molecule is Cc1cc(C(=O)N2CCN(C3=NC(=O)C(F)C(C4CC4)=N3)CC2)c(C)o1. The monoisotopic (exact) mass is 360 g/mol. The van der Waals surface area contributed by atoms with Crippen LogP contribution < -0.4 is 0 Å². The van der Waals surface area contributed by atoms with Gasteiger partial charge in [0.15, 0.2) is 0 Å². The van der Waals surface area contributed by atoms with E-state index in [0.717, 1.165) is 12.8 Å². The molecule has 0 aromatic carbocycles. The zero-order valence-electron chi connectivity index (χ0n) is 14.9. The van der Waals surface area contributed by atoms with E-state index in [9.17, 15) is 14.0 Å². The highest BCUT2D eigenvalue weighted by molar-refractivity contribution is 6.18. The lowest BCUT2D eigenvalue weighted by Crippen LogP contribution is -2.51. The molecule has 0 radical (unpaired) electrons. The van der Waals surface area contributed by atoms with Crippen molar-refractivity contribution in [3.8, 4) is 0 Å². The van der Waals surface area contributed by atoms with Gasteiger partial charge in [-0.1, -0.05) is 0 Å². The molecule has 1 saturated carbocycles. The molecule has 1 unspecified atom stereocenters. The van der Waals surface area contributed by atoms with Crippen LogP contribution >= 0.6 is 0 Å². The standard InChI is InChI=1S/C18H21FN4O3/c1-10-9-13(11(2)26-10)17(25)22-5-7-23(8-6-22)18-20-15(12-3-4-12)14(19)16(24)21-18/h9,12,14H,3-8H2,1-2H3. The van der Waals surface area contributed by atoms with Gasteiger partial charge in [0.2, 0.25) is 12.1 Å². The lowest BCUT2D eigenvalue weighted by molar-refractivity contribution is -0.120. The fraction of sp³-hybridized carbons (Fsp3) is 0.556. The van der Waals surface area contributed by atoms with Crippen molar-refractivity contribution in [1.29, 1.82) is 0 Å². The Labute approximate surface area is 150 Å². The van der Waals surface area contributed by atoms with Crippen LogP contribution in [0.2, 0.25) is 0 Å². The maximum Gasteiger partial charge on any atom is 0.289 e. The molecule has 1 aliphatic carbocycles. The van der Waals surface area contributed by atoms with Gasteiger partial charge in [-0.15, -0.1) is 0 Å². The third-order valence-corrected chi connectivity index (χ3v) is 5.03. The Bertz CT molecular complexity index is 816. The van der Waals surface area contributed by atoms with Crippen LogP contribution in [0, 0.1) is 19.8 Å². The molecule has 26 heavy (non-hydrogen) atoms. The van der Waals surface area contributed by atoms with Gasteiger partial charge in [0, 0.05) is 32.1 Å². The van der Waals surface area contributed by atoms with Gasteiger partial charge in [0.05, 0.1) is 11.3 Å². The van der Waals surface area contributed by atoms with Crippen molar-refractivity contribution in [3.63, 3.8) is 0 Å². The van der Waals surface area contributed by atoms with E-state index in [2.05, 4.69) is 9.98 Å². The van der Waals surface area contributed by atoms with E-state index < -0.39 is 12.1 Å². The molecule has 3 aliphatic rings. The van der Waals surface area contributed by atoms with Crippen LogP contribution in [0.3, 0.4) is 0 Å². The maximum absolute atomic E-state index is 14.0. The fourth-order valence-electron chi connectivity index (χ4n) is 3.42. The van der Waals surface area contributed by atoms with Gasteiger partial charge in [-0.25, -0.2) is 9.38 Å². The van der Waals surface area contributed by atoms with Gasteiger partial charge in [-0.05, 0) is 32.8 Å². The predicted octanol–water partition coefficient (Wildman–Crippen LogP) is 1.74. The molecule has 0 bridgehead atoms. The van der Waals surface area contributed by atoms with Crippen molar-refractivity contribution >= 4 is 23.5 Å². The van der Waals surface area contributed by atoms with Gasteiger partial charge in [-0.3, -0.25) is 9.59 Å². The number of halogens is 1. The molecule has 1 aromatic rings. The van der Waals surface area contributed by atoms with Crippen molar-refractivity contribution < 1.29 is 18.4 Å². The number of aryl methyl sites for hydroxylation is 2. The molecule has 138 valence electrons. The zero-order chi connectivity index (χ0) is 18.4. The Morgan fingerprint density at radius 1 is 1.19 bits per heavy atom. The zero-order valence-corrected chi connectivity index (χ0v) is 14.9. The Hall–Kier alpha value is -2.51. The molecule has 2 amide bonds. The number of aliphatic imine (C=N–C) groups is 2. The summed E-state index contributed by atoms with van der Waals surface area (Å²) in [6, 6.07) is 1.75. The Balaban J connectivity index is 1.43. The molecule has 8 heteroatoms. The van der Waals surface area contributed by atoms with E-state index >= 15 is 0 Å². The third-order valence-electron chi connectivity index (χ3n) is 5.03. The molecule has 0 N–H and O–H groups in total. The van der Waals surface area contributed by atoms with E-state index in [-0.39, 0.29) is 17.8 Å². The van der Waals surface area contributed by atoms with Crippen LogP contribution in [0.1, 0.15) is 34.7 Å². The predicted molar refractivity (Wildman–Crippen MR) is 93.2 cm³/mol. The van der Waals surface area contributed by atoms with Crippen molar-refractivity contribution in [2.24, 2.45) is 15.9 Å². The molecule has 2 aliphatic heterocycles. The number of hydrogen-bond donors (Lipinski definition) is 0. The summed E-state index contributed by atoms with van der Waals surface area (Å²) in [5, 5.41) is 0. The lowest BCUT2D eigenvalue weighted by atomic mass is 10.1. The van der Waals surface area contributed by atoms with Crippen molar-refractivity contribution in [2.75, 3.05) is 26.2 Å². The van der Waals surface area contributed by atoms with Crippen molar-refractivity contribution in [3.05, 3.63) is 23.2 Å². The summed E-state index contributed by atoms with van der Waals surface area (Å²) in [6.45, 7) is 5.58. The van der Waals surface area contributed by atoms with E-state index in [1.807, 2.05) is 11.8 Å². The van der Waals surface area contributed by atoms with Crippen molar-refractivity contribution in [2.45, 2.75) is 32.9 Å². The van der Waals surface area contributed by atoms with Gasteiger partial charge < -0.3 is 14.2 Å². The Morgan fingerprint density at radius 2 is 1.88 bits per heavy atom. The molecule has 4 rings (SSSR count). The number of nitrogens with zero attached hydrogens (tertiary/aromatic N) is 4. The molecule has 7 nitrogen and oxygen atoms in total. The second-order valence-corrected chi connectivity index (χ2v) is 7.03. The van der Waals surface area contributed by atoms with Crippen LogP contribution in [0.4, 0.5) is 4.39 Å². The molecule has 1 atom stereocenters. The molecule has 1 aromatic heterocycles. The Morgan fingerprint density at radius 3 is 2.46 bits per heavy atom. The van der Waals surface area contributed by atoms with Crippen LogP contribution in [0.25, 0.3) is 0 Å². The van der Waals surface area contributed by atoms with E-state index in [4.69, 9.17) is 4.42 Å². The summed E-state index contributed by atoms with van der Waals surface area (Å²) >= 11 is 0. The first-order valence-corrected chi connectivity index (χ1v) is 8.90. The summed E-state index contributed by atoms with van der Waals surface area (Å²) in [6.07, 6.45) is 0.0679. The van der Waals surface area contributed by atoms with Gasteiger partial charge >= 0.3 is 0 Å². The molecular formula is C18H21FN4O3. The van der Waals surface area contributed by atoms with Crippen LogP contribution in [-0.4, -0.2) is 65.6 Å². The number of piperazine rings is 1.